The van der Waals surface area contributed by atoms with Gasteiger partial charge in [-0.05, 0) is 44.7 Å². The summed E-state index contributed by atoms with van der Waals surface area (Å²) in [6, 6.07) is 21.5. The summed E-state index contributed by atoms with van der Waals surface area (Å²) in [5, 5.41) is 2.73. The molecule has 2 N–H and O–H groups in total. The summed E-state index contributed by atoms with van der Waals surface area (Å²) in [6.07, 6.45) is 6.50. The van der Waals surface area contributed by atoms with Crippen molar-refractivity contribution in [3.8, 4) is 0 Å². The summed E-state index contributed by atoms with van der Waals surface area (Å²) in [4.78, 5) is 0. The van der Waals surface area contributed by atoms with E-state index in [2.05, 4.69) is 86.8 Å². The van der Waals surface area contributed by atoms with Gasteiger partial charge in [-0.15, -0.1) is 0 Å². The molecule has 5 radical (unpaired) electrons. The van der Waals surface area contributed by atoms with Crippen LogP contribution in [0.1, 0.15) is 6.92 Å². The Kier molecular flexibility index (Phi) is 4.73. The standard InChI is InChI=1S/C19H19NP/c1-15(20)18-13-8-14-19(18)21(16-9-4-2-5-10-16)17-11-6-3-7-12-17/h2-15H,20H2,1H3/t15-/m0/s1. The zero-order valence-corrected chi connectivity index (χ0v) is 13.0. The molecule has 0 aliphatic heterocycles. The van der Waals surface area contributed by atoms with E-state index in [9.17, 15) is 0 Å². The summed E-state index contributed by atoms with van der Waals surface area (Å²) in [6.45, 7) is 2.06. The molecule has 2 aromatic rings. The van der Waals surface area contributed by atoms with Crippen LogP contribution in [0.3, 0.4) is 0 Å². The van der Waals surface area contributed by atoms with E-state index in [1.165, 1.54) is 22.2 Å². The van der Waals surface area contributed by atoms with Crippen molar-refractivity contribution in [1.29, 1.82) is 0 Å². The molecule has 0 bridgehead atoms. The second kappa shape index (κ2) is 6.73. The molecule has 1 nitrogen and oxygen atoms in total. The molecule has 1 aliphatic carbocycles. The highest BCUT2D eigenvalue weighted by Crippen LogP contribution is 2.56. The maximum absolute atomic E-state index is 6.16. The van der Waals surface area contributed by atoms with Gasteiger partial charge in [-0.25, -0.2) is 0 Å². The van der Waals surface area contributed by atoms with Gasteiger partial charge >= 0.3 is 0 Å². The average Bonchev–Trinajstić information content (AvgIpc) is 2.99. The molecule has 105 valence electrons. The van der Waals surface area contributed by atoms with Crippen molar-refractivity contribution in [3.05, 3.63) is 91.5 Å². The van der Waals surface area contributed by atoms with E-state index in [4.69, 9.17) is 5.73 Å². The van der Waals surface area contributed by atoms with Gasteiger partial charge in [-0.2, -0.15) is 0 Å². The summed E-state index contributed by atoms with van der Waals surface area (Å²) in [7, 11) is -0.542. The lowest BCUT2D eigenvalue weighted by Gasteiger charge is -2.30. The van der Waals surface area contributed by atoms with Crippen LogP contribution in [0.2, 0.25) is 0 Å². The minimum Gasteiger partial charge on any atom is -0.327 e. The van der Waals surface area contributed by atoms with Crippen LogP contribution >= 0.6 is 7.92 Å². The zero-order chi connectivity index (χ0) is 14.7. The lowest BCUT2D eigenvalue weighted by molar-refractivity contribution is 0.793. The minimum atomic E-state index is -0.542. The van der Waals surface area contributed by atoms with Crippen LogP contribution in [-0.2, 0) is 0 Å². The van der Waals surface area contributed by atoms with Crippen LogP contribution in [-0.4, -0.2) is 6.04 Å². The zero-order valence-electron chi connectivity index (χ0n) is 12.1. The van der Waals surface area contributed by atoms with E-state index in [1.807, 2.05) is 0 Å². The molecule has 2 aromatic carbocycles. The van der Waals surface area contributed by atoms with Gasteiger partial charge in [0, 0.05) is 17.6 Å². The van der Waals surface area contributed by atoms with Crippen LogP contribution < -0.4 is 16.3 Å². The Morgan fingerprint density at radius 1 is 0.810 bits per heavy atom. The number of hydrogen-bond donors (Lipinski definition) is 1. The Morgan fingerprint density at radius 2 is 1.33 bits per heavy atom. The highest BCUT2D eigenvalue weighted by Gasteiger charge is 2.38. The highest BCUT2D eigenvalue weighted by atomic mass is 31.1. The fourth-order valence-corrected chi connectivity index (χ4v) is 5.16. The van der Waals surface area contributed by atoms with Crippen molar-refractivity contribution in [2.75, 3.05) is 0 Å². The first-order valence-corrected chi connectivity index (χ1v) is 8.53. The van der Waals surface area contributed by atoms with Gasteiger partial charge in [-0.3, -0.25) is 0 Å². The van der Waals surface area contributed by atoms with E-state index in [1.54, 1.807) is 0 Å². The number of nitrogens with two attached hydrogens (primary N) is 1. The third-order valence-corrected chi connectivity index (χ3v) is 6.10. The van der Waals surface area contributed by atoms with Crippen LogP contribution in [0.4, 0.5) is 0 Å². The van der Waals surface area contributed by atoms with Crippen LogP contribution in [0.5, 0.6) is 0 Å². The molecular weight excluding hydrogens is 273 g/mol. The number of rotatable bonds is 4. The predicted molar refractivity (Wildman–Crippen MR) is 92.1 cm³/mol. The van der Waals surface area contributed by atoms with Crippen molar-refractivity contribution in [1.82, 2.24) is 0 Å². The lowest BCUT2D eigenvalue weighted by atomic mass is 10.0. The van der Waals surface area contributed by atoms with Crippen molar-refractivity contribution in [2.45, 2.75) is 13.0 Å². The average molecular weight is 292 g/mol. The van der Waals surface area contributed by atoms with Gasteiger partial charge < -0.3 is 5.73 Å². The summed E-state index contributed by atoms with van der Waals surface area (Å²) < 4.78 is 0. The van der Waals surface area contributed by atoms with Crippen LogP contribution in [0.25, 0.3) is 0 Å². The Hall–Kier alpha value is -1.17. The normalized spacial score (nSPS) is 18.2. The SMILES string of the molecule is C[C@H](N)[C]1[CH][CH][CH][C]1P(c1ccccc1)c1ccccc1. The van der Waals surface area contributed by atoms with Gasteiger partial charge in [0.05, 0.1) is 0 Å². The van der Waals surface area contributed by atoms with Gasteiger partial charge in [0.25, 0.3) is 0 Å². The van der Waals surface area contributed by atoms with Crippen LogP contribution in [0, 0.1) is 30.8 Å². The first kappa shape index (κ1) is 14.8. The fourth-order valence-electron chi connectivity index (χ4n) is 2.59. The Balaban J connectivity index is 2.01. The molecular formula is C19H19NP. The maximum Gasteiger partial charge on any atom is 0.0211 e. The van der Waals surface area contributed by atoms with E-state index in [-0.39, 0.29) is 6.04 Å². The summed E-state index contributed by atoms with van der Waals surface area (Å²) >= 11 is 0. The van der Waals surface area contributed by atoms with E-state index in [0.29, 0.717) is 0 Å². The molecule has 1 saturated carbocycles. The topological polar surface area (TPSA) is 26.0 Å². The molecule has 0 saturated heterocycles. The van der Waals surface area contributed by atoms with Crippen LogP contribution in [0.15, 0.2) is 60.7 Å². The highest BCUT2D eigenvalue weighted by molar-refractivity contribution is 7.76. The second-order valence-electron chi connectivity index (χ2n) is 5.16. The van der Waals surface area contributed by atoms with E-state index >= 15 is 0 Å². The third kappa shape index (κ3) is 3.20. The number of hydrogen-bond acceptors (Lipinski definition) is 1. The predicted octanol–water partition coefficient (Wildman–Crippen LogP) is 3.20. The monoisotopic (exact) mass is 292 g/mol. The van der Waals surface area contributed by atoms with E-state index < -0.39 is 7.92 Å². The molecule has 1 fully saturated rings. The fraction of sp³-hybridized carbons (Fsp3) is 0.105. The van der Waals surface area contributed by atoms with Gasteiger partial charge in [-0.1, -0.05) is 60.7 Å². The maximum atomic E-state index is 6.16. The molecule has 21 heavy (non-hydrogen) atoms. The molecule has 0 amide bonds. The Labute approximate surface area is 129 Å². The quantitative estimate of drug-likeness (QED) is 0.861. The molecule has 1 aliphatic rings. The molecule has 0 unspecified atom stereocenters. The number of benzene rings is 2. The lowest BCUT2D eigenvalue weighted by Crippen LogP contribution is -2.29. The van der Waals surface area contributed by atoms with Gasteiger partial charge in [0.1, 0.15) is 0 Å². The van der Waals surface area contributed by atoms with E-state index in [0.717, 1.165) is 0 Å². The Morgan fingerprint density at radius 3 is 1.81 bits per heavy atom. The van der Waals surface area contributed by atoms with Crippen molar-refractivity contribution in [3.63, 3.8) is 0 Å². The molecule has 3 rings (SSSR count). The largest absolute Gasteiger partial charge is 0.327 e. The molecule has 0 spiro atoms. The third-order valence-electron chi connectivity index (χ3n) is 3.59. The second-order valence-corrected chi connectivity index (χ2v) is 7.35. The summed E-state index contributed by atoms with van der Waals surface area (Å²) in [5.74, 6) is 1.26. The van der Waals surface area contributed by atoms with Crippen molar-refractivity contribution < 1.29 is 0 Å². The summed E-state index contributed by atoms with van der Waals surface area (Å²) in [5.41, 5.74) is 7.54. The molecule has 0 aromatic heterocycles. The Bertz CT molecular complexity index is 513. The van der Waals surface area contributed by atoms with Gasteiger partial charge in [0.15, 0.2) is 0 Å². The molecule has 0 heterocycles. The smallest absolute Gasteiger partial charge is 0.0211 e. The van der Waals surface area contributed by atoms with Crippen molar-refractivity contribution >= 4 is 18.5 Å². The minimum absolute atomic E-state index is 0.0624. The van der Waals surface area contributed by atoms with Gasteiger partial charge in [0.2, 0.25) is 0 Å². The van der Waals surface area contributed by atoms with Crippen molar-refractivity contribution in [2.24, 2.45) is 5.73 Å². The first-order chi connectivity index (χ1) is 10.3. The first-order valence-electron chi connectivity index (χ1n) is 7.19. The molecule has 2 heteroatoms. The molecule has 1 atom stereocenters.